The predicted octanol–water partition coefficient (Wildman–Crippen LogP) is 3.95. The molecule has 1 aromatic carbocycles. The average Bonchev–Trinajstić information content (AvgIpc) is 3.35. The van der Waals surface area contributed by atoms with Crippen molar-refractivity contribution >= 4 is 17.6 Å². The van der Waals surface area contributed by atoms with Crippen molar-refractivity contribution in [2.24, 2.45) is 0 Å². The molecule has 0 bridgehead atoms. The van der Waals surface area contributed by atoms with E-state index in [0.29, 0.717) is 6.54 Å². The molecule has 0 aliphatic rings. The van der Waals surface area contributed by atoms with Crippen LogP contribution in [0.1, 0.15) is 49.0 Å². The molecule has 3 aromatic rings. The third-order valence-electron chi connectivity index (χ3n) is 4.55. The second kappa shape index (κ2) is 8.30. The molecule has 0 spiro atoms. The van der Waals surface area contributed by atoms with Gasteiger partial charge in [-0.2, -0.15) is 5.10 Å². The Morgan fingerprint density at radius 1 is 1.26 bits per heavy atom. The number of H-pyrrole nitrogens is 1. The molecule has 1 atom stereocenters. The molecule has 0 aliphatic heterocycles. The van der Waals surface area contributed by atoms with E-state index in [2.05, 4.69) is 38.9 Å². The van der Waals surface area contributed by atoms with E-state index in [9.17, 15) is 4.79 Å². The zero-order valence-electron chi connectivity index (χ0n) is 15.9. The summed E-state index contributed by atoms with van der Waals surface area (Å²) in [6.07, 6.45) is 0. The molecule has 0 saturated carbocycles. The van der Waals surface area contributed by atoms with Gasteiger partial charge in [0.15, 0.2) is 0 Å². The fourth-order valence-corrected chi connectivity index (χ4v) is 3.48. The molecule has 0 radical (unpaired) electrons. The summed E-state index contributed by atoms with van der Waals surface area (Å²) in [4.78, 5) is 15.2. The Hall–Kier alpha value is -2.74. The van der Waals surface area contributed by atoms with Gasteiger partial charge in [0, 0.05) is 12.6 Å². The summed E-state index contributed by atoms with van der Waals surface area (Å²) in [5.74, 6) is 0.286. The molecule has 3 rings (SSSR count). The van der Waals surface area contributed by atoms with Gasteiger partial charge >= 0.3 is 6.03 Å². The Morgan fingerprint density at radius 3 is 2.70 bits per heavy atom. The van der Waals surface area contributed by atoms with Crippen LogP contribution in [-0.2, 0) is 6.54 Å². The number of aromatic amines is 1. The molecule has 1 unspecified atom stereocenters. The van der Waals surface area contributed by atoms with Gasteiger partial charge < -0.3 is 10.2 Å². The smallest absolute Gasteiger partial charge is 0.317 e. The van der Waals surface area contributed by atoms with E-state index in [4.69, 9.17) is 0 Å². The number of carbonyl (C=O) groups is 1. The van der Waals surface area contributed by atoms with Crippen molar-refractivity contribution in [2.75, 3.05) is 7.05 Å². The van der Waals surface area contributed by atoms with Crippen LogP contribution in [0, 0.1) is 0 Å². The highest BCUT2D eigenvalue weighted by molar-refractivity contribution is 7.05. The minimum atomic E-state index is -0.151. The molecule has 142 valence electrons. The standard InChI is InChI=1S/C19H24N6OS/c1-12(2)18-17(27-24-23-18)11-20-19(26)25(4)13(3)15-10-16(22-21-15)14-8-6-5-7-9-14/h5-10,12-13H,11H2,1-4H3,(H,20,26)(H,21,22). The molecule has 0 aliphatic carbocycles. The monoisotopic (exact) mass is 384 g/mol. The van der Waals surface area contributed by atoms with E-state index < -0.39 is 0 Å². The number of aromatic nitrogens is 4. The molecule has 2 amide bonds. The maximum Gasteiger partial charge on any atom is 0.317 e. The van der Waals surface area contributed by atoms with Crippen LogP contribution < -0.4 is 5.32 Å². The third-order valence-corrected chi connectivity index (χ3v) is 5.29. The highest BCUT2D eigenvalue weighted by atomic mass is 32.1. The predicted molar refractivity (Wildman–Crippen MR) is 106 cm³/mol. The van der Waals surface area contributed by atoms with Gasteiger partial charge in [-0.3, -0.25) is 5.10 Å². The van der Waals surface area contributed by atoms with Crippen LogP contribution >= 0.6 is 11.5 Å². The lowest BCUT2D eigenvalue weighted by Crippen LogP contribution is -2.38. The van der Waals surface area contributed by atoms with Crippen molar-refractivity contribution < 1.29 is 4.79 Å². The Labute approximate surface area is 163 Å². The molecular formula is C19H24N6OS. The fourth-order valence-electron chi connectivity index (χ4n) is 2.75. The zero-order chi connectivity index (χ0) is 19.4. The van der Waals surface area contributed by atoms with E-state index in [1.807, 2.05) is 43.3 Å². The van der Waals surface area contributed by atoms with Crippen LogP contribution in [0.4, 0.5) is 4.79 Å². The third kappa shape index (κ3) is 4.33. The topological polar surface area (TPSA) is 86.8 Å². The number of urea groups is 1. The minimum Gasteiger partial charge on any atom is -0.333 e. The number of hydrogen-bond donors (Lipinski definition) is 2. The molecule has 2 aromatic heterocycles. The Morgan fingerprint density at radius 2 is 2.00 bits per heavy atom. The van der Waals surface area contributed by atoms with Crippen molar-refractivity contribution in [1.82, 2.24) is 30.0 Å². The van der Waals surface area contributed by atoms with Gasteiger partial charge in [0.05, 0.1) is 34.5 Å². The van der Waals surface area contributed by atoms with Gasteiger partial charge in [-0.15, -0.1) is 5.10 Å². The number of nitrogens with zero attached hydrogens (tertiary/aromatic N) is 4. The minimum absolute atomic E-state index is 0.140. The molecular weight excluding hydrogens is 360 g/mol. The van der Waals surface area contributed by atoms with E-state index >= 15 is 0 Å². The molecule has 2 heterocycles. The van der Waals surface area contributed by atoms with Crippen LogP contribution in [0.2, 0.25) is 0 Å². The Bertz CT molecular complexity index is 889. The fraction of sp³-hybridized carbons (Fsp3) is 0.368. The lowest BCUT2D eigenvalue weighted by atomic mass is 10.1. The first-order chi connectivity index (χ1) is 13.0. The number of rotatable bonds is 6. The summed E-state index contributed by atoms with van der Waals surface area (Å²) in [5.41, 5.74) is 3.73. The van der Waals surface area contributed by atoms with Crippen LogP contribution in [-0.4, -0.2) is 37.8 Å². The van der Waals surface area contributed by atoms with Gasteiger partial charge in [0.2, 0.25) is 0 Å². The second-order valence-corrected chi connectivity index (χ2v) is 7.59. The van der Waals surface area contributed by atoms with E-state index in [0.717, 1.165) is 27.5 Å². The summed E-state index contributed by atoms with van der Waals surface area (Å²) >= 11 is 1.33. The molecule has 27 heavy (non-hydrogen) atoms. The maximum atomic E-state index is 12.6. The maximum absolute atomic E-state index is 12.6. The van der Waals surface area contributed by atoms with Crippen molar-refractivity contribution in [1.29, 1.82) is 0 Å². The molecule has 0 fully saturated rings. The zero-order valence-corrected chi connectivity index (χ0v) is 16.7. The van der Waals surface area contributed by atoms with Gasteiger partial charge in [0.25, 0.3) is 0 Å². The molecule has 7 nitrogen and oxygen atoms in total. The van der Waals surface area contributed by atoms with Gasteiger partial charge in [-0.1, -0.05) is 48.7 Å². The van der Waals surface area contributed by atoms with Gasteiger partial charge in [-0.05, 0) is 30.4 Å². The quantitative estimate of drug-likeness (QED) is 0.673. The van der Waals surface area contributed by atoms with Crippen molar-refractivity contribution in [2.45, 2.75) is 39.3 Å². The summed E-state index contributed by atoms with van der Waals surface area (Å²) in [6.45, 7) is 6.53. The highest BCUT2D eigenvalue weighted by Gasteiger charge is 2.20. The largest absolute Gasteiger partial charge is 0.333 e. The van der Waals surface area contributed by atoms with Crippen molar-refractivity contribution in [3.63, 3.8) is 0 Å². The second-order valence-electron chi connectivity index (χ2n) is 6.76. The van der Waals surface area contributed by atoms with E-state index in [-0.39, 0.29) is 18.0 Å². The van der Waals surface area contributed by atoms with Crippen molar-refractivity contribution in [3.05, 3.63) is 52.7 Å². The lowest BCUT2D eigenvalue weighted by molar-refractivity contribution is 0.193. The summed E-state index contributed by atoms with van der Waals surface area (Å²) in [6, 6.07) is 11.6. The van der Waals surface area contributed by atoms with E-state index in [1.165, 1.54) is 11.5 Å². The molecule has 8 heteroatoms. The normalized spacial score (nSPS) is 12.2. The SMILES string of the molecule is CC(C)c1nnsc1CNC(=O)N(C)C(C)c1cc(-c2ccccc2)n[nH]1. The van der Waals surface area contributed by atoms with Crippen LogP contribution in [0.15, 0.2) is 36.4 Å². The molecule has 2 N–H and O–H groups in total. The number of nitrogens with one attached hydrogen (secondary N) is 2. The first kappa shape index (κ1) is 19.0. The average molecular weight is 385 g/mol. The first-order valence-electron chi connectivity index (χ1n) is 8.90. The number of benzene rings is 1. The van der Waals surface area contributed by atoms with Crippen LogP contribution in [0.5, 0.6) is 0 Å². The summed E-state index contributed by atoms with van der Waals surface area (Å²) < 4.78 is 3.99. The number of amides is 2. The Kier molecular flexibility index (Phi) is 5.85. The Balaban J connectivity index is 1.63. The first-order valence-corrected chi connectivity index (χ1v) is 9.67. The molecule has 0 saturated heterocycles. The summed E-state index contributed by atoms with van der Waals surface area (Å²) in [5, 5.41) is 14.5. The summed E-state index contributed by atoms with van der Waals surface area (Å²) in [7, 11) is 1.78. The van der Waals surface area contributed by atoms with Crippen LogP contribution in [0.3, 0.4) is 0 Å². The number of carbonyl (C=O) groups excluding carboxylic acids is 1. The number of hydrogen-bond acceptors (Lipinski definition) is 5. The highest BCUT2D eigenvalue weighted by Crippen LogP contribution is 2.23. The van der Waals surface area contributed by atoms with Crippen LogP contribution in [0.25, 0.3) is 11.3 Å². The van der Waals surface area contributed by atoms with Crippen molar-refractivity contribution in [3.8, 4) is 11.3 Å². The van der Waals surface area contributed by atoms with Gasteiger partial charge in [-0.25, -0.2) is 4.79 Å². The lowest BCUT2D eigenvalue weighted by Gasteiger charge is -2.24. The van der Waals surface area contributed by atoms with E-state index in [1.54, 1.807) is 11.9 Å². The van der Waals surface area contributed by atoms with Gasteiger partial charge in [0.1, 0.15) is 0 Å².